The molecule has 2 heterocycles. The van der Waals surface area contributed by atoms with E-state index in [1.54, 1.807) is 18.9 Å². The number of methoxy groups -OCH3 is 1. The Morgan fingerprint density at radius 3 is 2.44 bits per heavy atom. The van der Waals surface area contributed by atoms with Gasteiger partial charge in [0.15, 0.2) is 11.0 Å². The van der Waals surface area contributed by atoms with Gasteiger partial charge in [-0.25, -0.2) is 14.5 Å². The number of halogens is 3. The van der Waals surface area contributed by atoms with E-state index in [4.69, 9.17) is 4.74 Å². The van der Waals surface area contributed by atoms with Crippen LogP contribution in [-0.2, 0) is 0 Å². The molecule has 1 aliphatic heterocycles. The second kappa shape index (κ2) is 15.1. The molecule has 0 bridgehead atoms. The van der Waals surface area contributed by atoms with E-state index in [1.807, 2.05) is 36.4 Å². The van der Waals surface area contributed by atoms with E-state index >= 15 is 0 Å². The van der Waals surface area contributed by atoms with Gasteiger partial charge in [-0.05, 0) is 67.1 Å². The Labute approximate surface area is 282 Å². The van der Waals surface area contributed by atoms with Crippen LogP contribution in [0.25, 0.3) is 17.1 Å². The number of nitrogens with one attached hydrogen (secondary N) is 1. The summed E-state index contributed by atoms with van der Waals surface area (Å²) in [6.07, 6.45) is -1.48. The van der Waals surface area contributed by atoms with Crippen molar-refractivity contribution in [1.29, 1.82) is 0 Å². The summed E-state index contributed by atoms with van der Waals surface area (Å²) in [5.41, 5.74) is 4.55. The van der Waals surface area contributed by atoms with Crippen LogP contribution in [-0.4, -0.2) is 57.8 Å². The predicted octanol–water partition coefficient (Wildman–Crippen LogP) is 8.56. The molecule has 13 heteroatoms. The lowest BCUT2D eigenvalue weighted by Gasteiger charge is -2.37. The minimum absolute atomic E-state index is 0.0612. The van der Waals surface area contributed by atoms with Crippen molar-refractivity contribution in [2.24, 2.45) is 4.99 Å². The van der Waals surface area contributed by atoms with Crippen LogP contribution in [0.15, 0.2) is 78.0 Å². The molecule has 3 aromatic carbocycles. The molecular formula is C35H39F3N6O3S. The highest BCUT2D eigenvalue weighted by Gasteiger charge is 2.31. The fraction of sp³-hybridized carbons (Fsp3) is 0.371. The molecule has 2 amide bonds. The van der Waals surface area contributed by atoms with Crippen LogP contribution in [0.3, 0.4) is 0 Å². The number of carbonyl (C=O) groups excluding carboxylic acids is 1. The van der Waals surface area contributed by atoms with E-state index in [-0.39, 0.29) is 29.7 Å². The Morgan fingerprint density at radius 2 is 1.79 bits per heavy atom. The zero-order valence-corrected chi connectivity index (χ0v) is 28.3. The molecule has 1 saturated heterocycles. The number of anilines is 1. The second-order valence-corrected chi connectivity index (χ2v) is 12.9. The van der Waals surface area contributed by atoms with E-state index in [9.17, 15) is 18.0 Å². The molecule has 48 heavy (non-hydrogen) atoms. The molecule has 2 atom stereocenters. The maximum atomic E-state index is 13.2. The maximum Gasteiger partial charge on any atom is 0.573 e. The Morgan fingerprint density at radius 1 is 1.08 bits per heavy atom. The zero-order valence-electron chi connectivity index (χ0n) is 27.5. The van der Waals surface area contributed by atoms with E-state index < -0.39 is 6.36 Å². The van der Waals surface area contributed by atoms with Crippen LogP contribution >= 0.6 is 11.8 Å². The monoisotopic (exact) mass is 680 g/mol. The van der Waals surface area contributed by atoms with Crippen LogP contribution in [0.2, 0.25) is 0 Å². The van der Waals surface area contributed by atoms with Crippen molar-refractivity contribution in [2.45, 2.75) is 64.8 Å². The number of carbonyl (C=O) groups is 1. The van der Waals surface area contributed by atoms with Crippen molar-refractivity contribution in [1.82, 2.24) is 20.1 Å². The Kier molecular flexibility index (Phi) is 11.0. The number of amidine groups is 1. The third kappa shape index (κ3) is 8.49. The summed E-state index contributed by atoms with van der Waals surface area (Å²) in [6, 6.07) is 19.1. The third-order valence-corrected chi connectivity index (χ3v) is 9.18. The lowest BCUT2D eigenvalue weighted by Crippen LogP contribution is -2.43. The zero-order chi connectivity index (χ0) is 34.4. The first kappa shape index (κ1) is 34.8. The minimum Gasteiger partial charge on any atom is -0.497 e. The first-order valence-electron chi connectivity index (χ1n) is 15.8. The van der Waals surface area contributed by atoms with Gasteiger partial charge in [0, 0.05) is 35.9 Å². The highest BCUT2D eigenvalue weighted by atomic mass is 32.2. The lowest BCUT2D eigenvalue weighted by molar-refractivity contribution is -0.274. The molecule has 254 valence electrons. The predicted molar refractivity (Wildman–Crippen MR) is 183 cm³/mol. The quantitative estimate of drug-likeness (QED) is 0.179. The average molecular weight is 681 g/mol. The van der Waals surface area contributed by atoms with Gasteiger partial charge < -0.3 is 19.7 Å². The van der Waals surface area contributed by atoms with Gasteiger partial charge in [0.2, 0.25) is 0 Å². The average Bonchev–Trinajstić information content (AvgIpc) is 3.55. The molecule has 4 aromatic rings. The van der Waals surface area contributed by atoms with Crippen molar-refractivity contribution in [2.75, 3.05) is 24.3 Å². The van der Waals surface area contributed by atoms with Gasteiger partial charge in [0.25, 0.3) is 0 Å². The van der Waals surface area contributed by atoms with Gasteiger partial charge in [-0.1, -0.05) is 62.9 Å². The van der Waals surface area contributed by atoms with Crippen molar-refractivity contribution < 1.29 is 27.4 Å². The molecule has 1 fully saturated rings. The summed E-state index contributed by atoms with van der Waals surface area (Å²) >= 11 is 1.58. The van der Waals surface area contributed by atoms with E-state index in [2.05, 4.69) is 63.8 Å². The van der Waals surface area contributed by atoms with Crippen molar-refractivity contribution in [3.63, 3.8) is 0 Å². The standard InChI is InChI=1S/C35H39F3N6O3S/c1-6-24(20-39-33(45)41-34-44(23(4)17-18-48-34)31-19-29(46-5)15-16-30(31)22(2)3)25-7-9-26(10-8-25)32-40-21-43(42-32)27-11-13-28(14-12-27)47-35(36,37)38/h7-16,19,21-24H,6,17-18,20H2,1-5H3,(H,39,45)/b41-34-. The fourth-order valence-electron chi connectivity index (χ4n) is 5.54. The molecule has 0 saturated carbocycles. The first-order valence-corrected chi connectivity index (χ1v) is 16.8. The largest absolute Gasteiger partial charge is 0.573 e. The number of benzene rings is 3. The number of thioether (sulfide) groups is 1. The Hall–Kier alpha value is -4.52. The number of nitrogens with zero attached hydrogens (tertiary/aromatic N) is 5. The molecule has 9 nitrogen and oxygen atoms in total. The van der Waals surface area contributed by atoms with Crippen LogP contribution in [0.1, 0.15) is 63.5 Å². The summed E-state index contributed by atoms with van der Waals surface area (Å²) in [6.45, 7) is 8.95. The number of hydrogen-bond acceptors (Lipinski definition) is 6. The molecule has 0 aliphatic carbocycles. The fourth-order valence-corrected chi connectivity index (χ4v) is 6.75. The van der Waals surface area contributed by atoms with E-state index in [0.29, 0.717) is 23.2 Å². The normalized spacial score (nSPS) is 16.6. The molecular weight excluding hydrogens is 641 g/mol. The highest BCUT2D eigenvalue weighted by Crippen LogP contribution is 2.37. The summed E-state index contributed by atoms with van der Waals surface area (Å²) in [5, 5.41) is 8.18. The molecule has 2 unspecified atom stereocenters. The number of amides is 2. The number of hydrogen-bond donors (Lipinski definition) is 1. The van der Waals surface area contributed by atoms with E-state index in [1.165, 1.54) is 40.8 Å². The molecule has 1 N–H and O–H groups in total. The van der Waals surface area contributed by atoms with Crippen molar-refractivity contribution in [3.05, 3.63) is 84.2 Å². The number of alkyl halides is 3. The minimum atomic E-state index is -4.75. The van der Waals surface area contributed by atoms with Gasteiger partial charge in [-0.2, -0.15) is 4.99 Å². The number of urea groups is 1. The third-order valence-electron chi connectivity index (χ3n) is 8.19. The number of rotatable bonds is 10. The van der Waals surface area contributed by atoms with Crippen LogP contribution in [0, 0.1) is 0 Å². The highest BCUT2D eigenvalue weighted by molar-refractivity contribution is 8.14. The maximum absolute atomic E-state index is 13.2. The number of aromatic nitrogens is 3. The lowest BCUT2D eigenvalue weighted by atomic mass is 9.95. The van der Waals surface area contributed by atoms with Crippen molar-refractivity contribution in [3.8, 4) is 28.6 Å². The van der Waals surface area contributed by atoms with Crippen LogP contribution in [0.5, 0.6) is 11.5 Å². The Balaban J connectivity index is 1.25. The van der Waals surface area contributed by atoms with Gasteiger partial charge in [0.1, 0.15) is 17.8 Å². The van der Waals surface area contributed by atoms with Crippen LogP contribution in [0.4, 0.5) is 23.7 Å². The summed E-state index contributed by atoms with van der Waals surface area (Å²) in [4.78, 5) is 24.3. The summed E-state index contributed by atoms with van der Waals surface area (Å²) < 4.78 is 48.4. The van der Waals surface area contributed by atoms with Crippen molar-refractivity contribution >= 4 is 28.6 Å². The van der Waals surface area contributed by atoms with Gasteiger partial charge in [0.05, 0.1) is 18.5 Å². The summed E-state index contributed by atoms with van der Waals surface area (Å²) in [5.74, 6) is 2.14. The Bertz CT molecular complexity index is 1720. The molecule has 5 rings (SSSR count). The van der Waals surface area contributed by atoms with E-state index in [0.717, 1.165) is 41.2 Å². The van der Waals surface area contributed by atoms with Gasteiger partial charge in [-0.3, -0.25) is 0 Å². The van der Waals surface area contributed by atoms with Crippen LogP contribution < -0.4 is 19.7 Å². The second-order valence-electron chi connectivity index (χ2n) is 11.8. The molecule has 1 aliphatic rings. The molecule has 0 radical (unpaired) electrons. The van der Waals surface area contributed by atoms with Gasteiger partial charge in [-0.15, -0.1) is 18.3 Å². The molecule has 1 aromatic heterocycles. The number of aliphatic imine (C=N–C) groups is 1. The topological polar surface area (TPSA) is 93.9 Å². The number of ether oxygens (including phenoxy) is 2. The van der Waals surface area contributed by atoms with Gasteiger partial charge >= 0.3 is 12.4 Å². The first-order chi connectivity index (χ1) is 23.0. The smallest absolute Gasteiger partial charge is 0.497 e. The SMILES string of the molecule is CCC(CNC(=O)/N=C1\SCCC(C)N1c1cc(OC)ccc1C(C)C)c1ccc(-c2ncn(-c3ccc(OC(F)(F)F)cc3)n2)cc1. The summed E-state index contributed by atoms with van der Waals surface area (Å²) in [7, 11) is 1.65. The molecule has 0 spiro atoms.